The first-order valence-corrected chi connectivity index (χ1v) is 21.6. The van der Waals surface area contributed by atoms with Crippen LogP contribution in [0.2, 0.25) is 13.1 Å². The van der Waals surface area contributed by atoms with Crippen molar-refractivity contribution in [1.29, 1.82) is 0 Å². The van der Waals surface area contributed by atoms with Gasteiger partial charge in [-0.2, -0.15) is 0 Å². The second kappa shape index (κ2) is 10.7. The first kappa shape index (κ1) is 29.8. The lowest BCUT2D eigenvalue weighted by atomic mass is 9.85. The van der Waals surface area contributed by atoms with E-state index in [1.54, 1.807) is 48.5 Å². The van der Waals surface area contributed by atoms with E-state index in [9.17, 15) is 16.8 Å². The molecule has 0 unspecified atom stereocenters. The van der Waals surface area contributed by atoms with Crippen molar-refractivity contribution < 1.29 is 16.8 Å². The summed E-state index contributed by atoms with van der Waals surface area (Å²) in [6.45, 7) is 4.68. The molecule has 0 atom stereocenters. The molecule has 2 aliphatic rings. The monoisotopic (exact) mass is 668 g/mol. The van der Waals surface area contributed by atoms with Crippen LogP contribution in [-0.2, 0) is 19.7 Å². The number of sulfone groups is 2. The predicted molar refractivity (Wildman–Crippen MR) is 188 cm³/mol. The third-order valence-electron chi connectivity index (χ3n) is 10.0. The highest BCUT2D eigenvalue weighted by Crippen LogP contribution is 2.46. The number of fused-ring (bicyclic) bond motifs is 4. The van der Waals surface area contributed by atoms with Gasteiger partial charge in [-0.25, -0.2) is 16.8 Å². The van der Waals surface area contributed by atoms with Gasteiger partial charge in [-0.15, -0.1) is 0 Å². The van der Waals surface area contributed by atoms with Crippen molar-refractivity contribution >= 4 is 38.1 Å². The molecule has 0 spiro atoms. The molecule has 4 nitrogen and oxygen atoms in total. The molecule has 0 saturated carbocycles. The van der Waals surface area contributed by atoms with Crippen LogP contribution in [0.15, 0.2) is 165 Å². The highest BCUT2D eigenvalue weighted by molar-refractivity contribution is 7.92. The van der Waals surface area contributed by atoms with E-state index in [2.05, 4.69) is 61.6 Å². The van der Waals surface area contributed by atoms with Gasteiger partial charge in [0.1, 0.15) is 8.07 Å². The van der Waals surface area contributed by atoms with E-state index in [-0.39, 0.29) is 11.8 Å². The molecule has 8 rings (SSSR count). The lowest BCUT2D eigenvalue weighted by Gasteiger charge is -2.30. The van der Waals surface area contributed by atoms with E-state index in [1.165, 1.54) is 10.4 Å². The summed E-state index contributed by atoms with van der Waals surface area (Å²) in [5.41, 5.74) is 5.37. The number of hydrogen-bond donors (Lipinski definition) is 0. The molecule has 2 aliphatic heterocycles. The summed E-state index contributed by atoms with van der Waals surface area (Å²) in [7, 11) is -9.29. The summed E-state index contributed by atoms with van der Waals surface area (Å²) < 4.78 is 53.9. The Morgan fingerprint density at radius 2 is 0.638 bits per heavy atom. The number of hydrogen-bond acceptors (Lipinski definition) is 4. The Labute approximate surface area is 277 Å². The fourth-order valence-electron chi connectivity index (χ4n) is 7.50. The van der Waals surface area contributed by atoms with Gasteiger partial charge in [-0.05, 0) is 57.6 Å². The lowest BCUT2D eigenvalue weighted by Crippen LogP contribution is -2.52. The van der Waals surface area contributed by atoms with Crippen molar-refractivity contribution in [2.75, 3.05) is 0 Å². The Bertz CT molecular complexity index is 2140. The molecule has 0 bridgehead atoms. The second-order valence-electron chi connectivity index (χ2n) is 12.9. The van der Waals surface area contributed by atoms with E-state index in [1.807, 2.05) is 48.5 Å². The lowest BCUT2D eigenvalue weighted by molar-refractivity contribution is 0.587. The minimum absolute atomic E-state index is 0.172. The summed E-state index contributed by atoms with van der Waals surface area (Å²) in [4.78, 5) is 1.51. The van der Waals surface area contributed by atoms with E-state index in [4.69, 9.17) is 0 Å². The Morgan fingerprint density at radius 3 is 0.915 bits per heavy atom. The molecular weight excluding hydrogens is 637 g/mol. The van der Waals surface area contributed by atoms with Crippen LogP contribution in [0.4, 0.5) is 0 Å². The molecule has 0 aliphatic carbocycles. The van der Waals surface area contributed by atoms with E-state index in [0.29, 0.717) is 19.6 Å². The second-order valence-corrected chi connectivity index (χ2v) is 21.1. The third kappa shape index (κ3) is 4.52. The maximum absolute atomic E-state index is 13.5. The van der Waals surface area contributed by atoms with Crippen molar-refractivity contribution in [2.24, 2.45) is 0 Å². The van der Waals surface area contributed by atoms with Gasteiger partial charge < -0.3 is 0 Å². The van der Waals surface area contributed by atoms with Gasteiger partial charge in [0, 0.05) is 11.8 Å². The van der Waals surface area contributed by atoms with Crippen molar-refractivity contribution in [1.82, 2.24) is 0 Å². The Hall–Kier alpha value is -4.56. The smallest absolute Gasteiger partial charge is 0.207 e. The minimum Gasteiger partial charge on any atom is -0.218 e. The van der Waals surface area contributed by atoms with Crippen LogP contribution in [0.3, 0.4) is 0 Å². The van der Waals surface area contributed by atoms with Crippen LogP contribution in [0.5, 0.6) is 0 Å². The molecule has 0 saturated heterocycles. The van der Waals surface area contributed by atoms with Gasteiger partial charge in [0.15, 0.2) is 0 Å². The fourth-order valence-corrected chi connectivity index (χ4v) is 13.3. The maximum atomic E-state index is 13.5. The van der Waals surface area contributed by atoms with Crippen molar-refractivity contribution in [3.63, 3.8) is 0 Å². The zero-order valence-electron chi connectivity index (χ0n) is 26.0. The molecule has 0 fully saturated rings. The summed E-state index contributed by atoms with van der Waals surface area (Å²) in [6, 6.07) is 46.8. The predicted octanol–water partition coefficient (Wildman–Crippen LogP) is 7.16. The molecule has 6 aromatic rings. The van der Waals surface area contributed by atoms with E-state index >= 15 is 0 Å². The minimum atomic E-state index is -3.58. The van der Waals surface area contributed by atoms with Gasteiger partial charge in [0.05, 0.1) is 19.6 Å². The first-order chi connectivity index (χ1) is 22.6. The standard InChI is InChI=1S/C40H32O4S2Si/c1-47(2,29-23-19-27(20-24-29)39-31-11-3-7-15-35(31)45(41,42)36-16-8-4-12-32(36)39)30-25-21-28(22-26-30)40-33-13-5-9-17-37(33)46(43,44)38-18-10-6-14-34(38)40/h3-26,39-40H,1-2H3. The Balaban J connectivity index is 1.15. The number of rotatable bonds is 4. The fraction of sp³-hybridized carbons (Fsp3) is 0.100. The third-order valence-corrected chi connectivity index (χ3v) is 17.4. The van der Waals surface area contributed by atoms with Crippen LogP contribution < -0.4 is 10.4 Å². The molecule has 0 aromatic heterocycles. The maximum Gasteiger partial charge on any atom is 0.207 e. The highest BCUT2D eigenvalue weighted by Gasteiger charge is 2.38. The molecule has 6 aromatic carbocycles. The van der Waals surface area contributed by atoms with Crippen LogP contribution in [0, 0.1) is 0 Å². The SMILES string of the molecule is C[Si](C)(c1ccc(C2c3ccccc3S(=O)(=O)c3ccccc32)cc1)c1ccc(C2c3ccccc3S(=O)(=O)c3ccccc32)cc1. The summed E-state index contributed by atoms with van der Waals surface area (Å²) in [6.07, 6.45) is 0. The van der Waals surface area contributed by atoms with E-state index in [0.717, 1.165) is 33.4 Å². The van der Waals surface area contributed by atoms with E-state index < -0.39 is 27.7 Å². The van der Waals surface area contributed by atoms with Crippen LogP contribution in [-0.4, -0.2) is 24.9 Å². The largest absolute Gasteiger partial charge is 0.218 e. The van der Waals surface area contributed by atoms with Gasteiger partial charge in [-0.1, -0.05) is 145 Å². The first-order valence-electron chi connectivity index (χ1n) is 15.7. The molecule has 232 valence electrons. The zero-order valence-corrected chi connectivity index (χ0v) is 28.6. The molecule has 0 N–H and O–H groups in total. The molecule has 0 radical (unpaired) electrons. The normalized spacial score (nSPS) is 16.4. The highest BCUT2D eigenvalue weighted by atomic mass is 32.2. The van der Waals surface area contributed by atoms with Crippen molar-refractivity contribution in [3.05, 3.63) is 179 Å². The molecule has 2 heterocycles. The summed E-state index contributed by atoms with van der Waals surface area (Å²) in [5, 5.41) is 2.55. The van der Waals surface area contributed by atoms with Gasteiger partial charge >= 0.3 is 0 Å². The molecule has 0 amide bonds. The zero-order chi connectivity index (χ0) is 32.6. The molecule has 7 heteroatoms. The quantitative estimate of drug-likeness (QED) is 0.187. The summed E-state index contributed by atoms with van der Waals surface area (Å²) in [5.74, 6) is -0.344. The van der Waals surface area contributed by atoms with Crippen molar-refractivity contribution in [2.45, 2.75) is 44.5 Å². The van der Waals surface area contributed by atoms with Crippen LogP contribution in [0.25, 0.3) is 0 Å². The average molecular weight is 669 g/mol. The average Bonchev–Trinajstić information content (AvgIpc) is 3.09. The van der Waals surface area contributed by atoms with Crippen LogP contribution >= 0.6 is 0 Å². The van der Waals surface area contributed by atoms with Gasteiger partial charge in [-0.3, -0.25) is 0 Å². The molecular formula is C40H32O4S2Si. The van der Waals surface area contributed by atoms with Gasteiger partial charge in [0.2, 0.25) is 19.7 Å². The number of benzene rings is 6. The summed E-state index contributed by atoms with van der Waals surface area (Å²) >= 11 is 0. The topological polar surface area (TPSA) is 68.3 Å². The van der Waals surface area contributed by atoms with Crippen molar-refractivity contribution in [3.8, 4) is 0 Å². The molecule has 47 heavy (non-hydrogen) atoms. The van der Waals surface area contributed by atoms with Gasteiger partial charge in [0.25, 0.3) is 0 Å². The van der Waals surface area contributed by atoms with Crippen LogP contribution in [0.1, 0.15) is 45.2 Å². The Kier molecular flexibility index (Phi) is 6.81. The Morgan fingerprint density at radius 1 is 0.383 bits per heavy atom.